The number of benzene rings is 1. The zero-order valence-corrected chi connectivity index (χ0v) is 12.1. The highest BCUT2D eigenvalue weighted by Gasteiger charge is 2.11. The van der Waals surface area contributed by atoms with Crippen molar-refractivity contribution in [2.45, 2.75) is 13.5 Å². The predicted molar refractivity (Wildman–Crippen MR) is 76.1 cm³/mol. The van der Waals surface area contributed by atoms with E-state index in [4.69, 9.17) is 14.3 Å². The molecule has 1 aromatic carbocycles. The molecule has 0 saturated carbocycles. The third kappa shape index (κ3) is 4.06. The molecule has 6 nitrogen and oxygen atoms in total. The number of rotatable bonds is 6. The van der Waals surface area contributed by atoms with Crippen molar-refractivity contribution in [1.82, 2.24) is 9.88 Å². The summed E-state index contributed by atoms with van der Waals surface area (Å²) in [5, 5.41) is 8.83. The van der Waals surface area contributed by atoms with E-state index in [2.05, 4.69) is 4.98 Å². The molecule has 0 fully saturated rings. The number of aliphatic hydroxyl groups excluding tert-OH is 1. The molecule has 0 spiro atoms. The maximum Gasteiger partial charge on any atom is 0.253 e. The van der Waals surface area contributed by atoms with Gasteiger partial charge < -0.3 is 19.2 Å². The van der Waals surface area contributed by atoms with E-state index in [-0.39, 0.29) is 19.1 Å². The lowest BCUT2D eigenvalue weighted by atomic mass is 10.2. The number of aryl methyl sites for hydroxylation is 1. The third-order valence-electron chi connectivity index (χ3n) is 2.91. The van der Waals surface area contributed by atoms with Crippen LogP contribution in [0.4, 0.5) is 0 Å². The molecule has 0 unspecified atom stereocenters. The zero-order chi connectivity index (χ0) is 15.2. The van der Waals surface area contributed by atoms with Crippen LogP contribution in [0.3, 0.4) is 0 Å². The first kappa shape index (κ1) is 15.1. The lowest BCUT2D eigenvalue weighted by Gasteiger charge is -2.15. The molecule has 0 radical (unpaired) electrons. The molecule has 0 saturated heterocycles. The molecule has 0 aliphatic heterocycles. The van der Waals surface area contributed by atoms with Crippen LogP contribution in [-0.2, 0) is 6.61 Å². The van der Waals surface area contributed by atoms with Crippen LogP contribution in [0.15, 0.2) is 34.9 Å². The molecule has 1 amide bonds. The summed E-state index contributed by atoms with van der Waals surface area (Å²) < 4.78 is 10.8. The minimum atomic E-state index is -0.140. The third-order valence-corrected chi connectivity index (χ3v) is 2.91. The van der Waals surface area contributed by atoms with E-state index in [1.54, 1.807) is 37.5 Å². The first-order valence-electron chi connectivity index (χ1n) is 6.60. The molecular weight excluding hydrogens is 272 g/mol. The van der Waals surface area contributed by atoms with Crippen molar-refractivity contribution in [1.29, 1.82) is 0 Å². The molecule has 112 valence electrons. The number of nitrogens with zero attached hydrogens (tertiary/aromatic N) is 2. The van der Waals surface area contributed by atoms with Gasteiger partial charge in [0, 0.05) is 19.2 Å². The standard InChI is InChI=1S/C15H18N2O4/c1-11-9-16-14(21-11)10-20-13-5-3-12(4-6-13)15(19)17(2)7-8-18/h3-6,9,18H,7-8,10H2,1-2H3. The number of hydrogen-bond donors (Lipinski definition) is 1. The van der Waals surface area contributed by atoms with Crippen LogP contribution < -0.4 is 4.74 Å². The number of ether oxygens (including phenoxy) is 1. The van der Waals surface area contributed by atoms with Crippen molar-refractivity contribution < 1.29 is 19.1 Å². The highest BCUT2D eigenvalue weighted by molar-refractivity contribution is 5.94. The van der Waals surface area contributed by atoms with Gasteiger partial charge in [0.15, 0.2) is 6.61 Å². The zero-order valence-electron chi connectivity index (χ0n) is 12.1. The Labute approximate surface area is 123 Å². The van der Waals surface area contributed by atoms with Gasteiger partial charge in [-0.15, -0.1) is 0 Å². The predicted octanol–water partition coefficient (Wildman–Crippen LogP) is 1.63. The molecule has 1 heterocycles. The van der Waals surface area contributed by atoms with Gasteiger partial charge in [0.1, 0.15) is 11.5 Å². The number of carbonyl (C=O) groups is 1. The van der Waals surface area contributed by atoms with Gasteiger partial charge >= 0.3 is 0 Å². The summed E-state index contributed by atoms with van der Waals surface area (Å²) >= 11 is 0. The van der Waals surface area contributed by atoms with Crippen LogP contribution in [0.25, 0.3) is 0 Å². The summed E-state index contributed by atoms with van der Waals surface area (Å²) in [6.45, 7) is 2.31. The summed E-state index contributed by atoms with van der Waals surface area (Å²) in [5.74, 6) is 1.74. The van der Waals surface area contributed by atoms with Crippen molar-refractivity contribution in [2.24, 2.45) is 0 Å². The first-order valence-corrected chi connectivity index (χ1v) is 6.60. The molecule has 6 heteroatoms. The minimum absolute atomic E-state index is 0.0565. The Kier molecular flexibility index (Phi) is 4.94. The van der Waals surface area contributed by atoms with Crippen molar-refractivity contribution in [3.63, 3.8) is 0 Å². The van der Waals surface area contributed by atoms with Crippen molar-refractivity contribution >= 4 is 5.91 Å². The molecule has 1 N–H and O–H groups in total. The molecule has 0 aliphatic carbocycles. The number of hydrogen-bond acceptors (Lipinski definition) is 5. The van der Waals surface area contributed by atoms with Crippen LogP contribution in [0.2, 0.25) is 0 Å². The fourth-order valence-electron chi connectivity index (χ4n) is 1.78. The Morgan fingerprint density at radius 1 is 1.38 bits per heavy atom. The average molecular weight is 290 g/mol. The Morgan fingerprint density at radius 2 is 2.10 bits per heavy atom. The number of oxazole rings is 1. The van der Waals surface area contributed by atoms with Gasteiger partial charge in [-0.3, -0.25) is 4.79 Å². The summed E-state index contributed by atoms with van der Waals surface area (Å²) in [4.78, 5) is 17.5. The Balaban J connectivity index is 1.94. The Bertz CT molecular complexity index is 592. The molecule has 1 aromatic heterocycles. The van der Waals surface area contributed by atoms with Gasteiger partial charge in [0.2, 0.25) is 5.89 Å². The van der Waals surface area contributed by atoms with Gasteiger partial charge in [-0.1, -0.05) is 0 Å². The number of aromatic nitrogens is 1. The molecule has 21 heavy (non-hydrogen) atoms. The lowest BCUT2D eigenvalue weighted by molar-refractivity contribution is 0.0767. The summed E-state index contributed by atoms with van der Waals surface area (Å²) in [5.41, 5.74) is 0.547. The maximum absolute atomic E-state index is 12.0. The van der Waals surface area contributed by atoms with Crippen molar-refractivity contribution in [3.05, 3.63) is 47.7 Å². The van der Waals surface area contributed by atoms with E-state index in [0.717, 1.165) is 5.76 Å². The number of likely N-dealkylation sites (N-methyl/N-ethyl adjacent to an activating group) is 1. The Hall–Kier alpha value is -2.34. The van der Waals surface area contributed by atoms with Gasteiger partial charge in [-0.05, 0) is 31.2 Å². The molecule has 0 atom stereocenters. The Morgan fingerprint density at radius 3 is 2.67 bits per heavy atom. The second kappa shape index (κ2) is 6.90. The van der Waals surface area contributed by atoms with E-state index < -0.39 is 0 Å². The second-order valence-corrected chi connectivity index (χ2v) is 4.63. The molecule has 2 rings (SSSR count). The smallest absolute Gasteiger partial charge is 0.253 e. The SMILES string of the molecule is Cc1cnc(COc2ccc(C(=O)N(C)CCO)cc2)o1. The van der Waals surface area contributed by atoms with Gasteiger partial charge in [-0.25, -0.2) is 4.98 Å². The number of carbonyl (C=O) groups excluding carboxylic acids is 1. The largest absolute Gasteiger partial charge is 0.484 e. The summed E-state index contributed by atoms with van der Waals surface area (Å²) in [7, 11) is 1.65. The van der Waals surface area contributed by atoms with E-state index >= 15 is 0 Å². The van der Waals surface area contributed by atoms with E-state index in [1.807, 2.05) is 6.92 Å². The minimum Gasteiger partial charge on any atom is -0.484 e. The number of aliphatic hydroxyl groups is 1. The van der Waals surface area contributed by atoms with Gasteiger partial charge in [0.05, 0.1) is 12.8 Å². The summed E-state index contributed by atoms with van der Waals surface area (Å²) in [6, 6.07) is 6.81. The summed E-state index contributed by atoms with van der Waals surface area (Å²) in [6.07, 6.45) is 1.64. The molecule has 2 aromatic rings. The lowest BCUT2D eigenvalue weighted by Crippen LogP contribution is -2.29. The van der Waals surface area contributed by atoms with E-state index in [1.165, 1.54) is 4.90 Å². The quantitative estimate of drug-likeness (QED) is 0.875. The van der Waals surface area contributed by atoms with Gasteiger partial charge in [0.25, 0.3) is 5.91 Å². The highest BCUT2D eigenvalue weighted by Crippen LogP contribution is 2.15. The normalized spacial score (nSPS) is 10.4. The van der Waals surface area contributed by atoms with Gasteiger partial charge in [-0.2, -0.15) is 0 Å². The van der Waals surface area contributed by atoms with Crippen LogP contribution in [0.5, 0.6) is 5.75 Å². The first-order chi connectivity index (χ1) is 10.1. The molecule has 0 aliphatic rings. The fourth-order valence-corrected chi connectivity index (χ4v) is 1.78. The molecular formula is C15H18N2O4. The monoisotopic (exact) mass is 290 g/mol. The average Bonchev–Trinajstić information content (AvgIpc) is 2.91. The van der Waals surface area contributed by atoms with Crippen LogP contribution in [-0.4, -0.2) is 41.1 Å². The number of amides is 1. The van der Waals surface area contributed by atoms with E-state index in [0.29, 0.717) is 23.7 Å². The highest BCUT2D eigenvalue weighted by atomic mass is 16.5. The topological polar surface area (TPSA) is 75.8 Å². The fraction of sp³-hybridized carbons (Fsp3) is 0.333. The van der Waals surface area contributed by atoms with Crippen LogP contribution >= 0.6 is 0 Å². The van der Waals surface area contributed by atoms with Crippen LogP contribution in [0.1, 0.15) is 22.0 Å². The second-order valence-electron chi connectivity index (χ2n) is 4.63. The van der Waals surface area contributed by atoms with Crippen molar-refractivity contribution in [3.8, 4) is 5.75 Å². The van der Waals surface area contributed by atoms with Crippen LogP contribution in [0, 0.1) is 6.92 Å². The maximum atomic E-state index is 12.0. The molecule has 0 bridgehead atoms. The van der Waals surface area contributed by atoms with Crippen molar-refractivity contribution in [2.75, 3.05) is 20.2 Å². The van der Waals surface area contributed by atoms with E-state index in [9.17, 15) is 4.79 Å².